The minimum absolute atomic E-state index is 0.0497. The van der Waals surface area contributed by atoms with Gasteiger partial charge in [-0.15, -0.1) is 0 Å². The molecule has 0 unspecified atom stereocenters. The molecule has 2 rings (SSSR count). The number of phenolic OH excluding ortho intramolecular Hbond substituents is 1. The monoisotopic (exact) mass is 469 g/mol. The van der Waals surface area contributed by atoms with Crippen LogP contribution in [0.3, 0.4) is 0 Å². The van der Waals surface area contributed by atoms with E-state index in [0.29, 0.717) is 16.6 Å². The van der Waals surface area contributed by atoms with Crippen LogP contribution in [0.1, 0.15) is 12.5 Å². The first-order chi connectivity index (χ1) is 12.0. The fourth-order valence-corrected chi connectivity index (χ4v) is 3.17. The number of aromatic hydroxyl groups is 1. The van der Waals surface area contributed by atoms with Gasteiger partial charge >= 0.3 is 0 Å². The largest absolute Gasteiger partial charge is 0.506 e. The highest BCUT2D eigenvalue weighted by molar-refractivity contribution is 9.11. The fraction of sp³-hybridized carbons (Fsp3) is 0.176. The summed E-state index contributed by atoms with van der Waals surface area (Å²) in [5.74, 6) is 0.523. The van der Waals surface area contributed by atoms with Gasteiger partial charge < -0.3 is 15.2 Å². The van der Waals surface area contributed by atoms with Gasteiger partial charge in [0.25, 0.3) is 5.91 Å². The van der Waals surface area contributed by atoms with Gasteiger partial charge in [-0.2, -0.15) is 5.10 Å². The van der Waals surface area contributed by atoms with Gasteiger partial charge in [0.05, 0.1) is 23.8 Å². The summed E-state index contributed by atoms with van der Waals surface area (Å²) in [6.45, 7) is 2.60. The lowest BCUT2D eigenvalue weighted by molar-refractivity contribution is -0.119. The molecular weight excluding hydrogens is 454 g/mol. The lowest BCUT2D eigenvalue weighted by Gasteiger charge is -2.07. The van der Waals surface area contributed by atoms with Gasteiger partial charge in [0, 0.05) is 15.7 Å². The Morgan fingerprint density at radius 2 is 2.00 bits per heavy atom. The van der Waals surface area contributed by atoms with Gasteiger partial charge in [0.2, 0.25) is 0 Å². The van der Waals surface area contributed by atoms with Crippen molar-refractivity contribution in [3.05, 3.63) is 50.9 Å². The predicted octanol–water partition coefficient (Wildman–Crippen LogP) is 3.88. The number of carbonyl (C=O) groups excluding carboxylic acids is 1. The molecule has 0 saturated carbocycles. The van der Waals surface area contributed by atoms with E-state index in [-0.39, 0.29) is 18.2 Å². The molecule has 0 radical (unpaired) electrons. The molecule has 0 spiro atoms. The van der Waals surface area contributed by atoms with Crippen LogP contribution in [0.4, 0.5) is 5.69 Å². The Kier molecular flexibility index (Phi) is 7.27. The molecular formula is C17H17Br2N3O3. The second kappa shape index (κ2) is 9.43. The Morgan fingerprint density at radius 3 is 2.68 bits per heavy atom. The van der Waals surface area contributed by atoms with E-state index in [1.54, 1.807) is 12.1 Å². The first-order valence-corrected chi connectivity index (χ1v) is 9.05. The molecule has 0 aromatic heterocycles. The zero-order valence-corrected chi connectivity index (χ0v) is 16.6. The fourth-order valence-electron chi connectivity index (χ4n) is 1.92. The molecule has 0 bridgehead atoms. The van der Waals surface area contributed by atoms with E-state index in [9.17, 15) is 9.90 Å². The number of hydrogen-bond donors (Lipinski definition) is 3. The molecule has 0 aliphatic carbocycles. The molecule has 132 valence electrons. The number of rotatable bonds is 7. The summed E-state index contributed by atoms with van der Waals surface area (Å²) in [4.78, 5) is 11.8. The Bertz CT molecular complexity index is 764. The SMILES string of the molecule is CCOc1ccc(NCC(=O)NN=Cc2cc(Br)cc(Br)c2O)cc1. The molecule has 25 heavy (non-hydrogen) atoms. The van der Waals surface area contributed by atoms with Crippen LogP contribution in [0, 0.1) is 0 Å². The standard InChI is InChI=1S/C17H17Br2N3O3/c1-2-25-14-5-3-13(4-6-14)20-10-16(23)22-21-9-11-7-12(18)8-15(19)17(11)24/h3-9,20,24H,2,10H2,1H3,(H,22,23). The van der Waals surface area contributed by atoms with Crippen LogP contribution in [0.2, 0.25) is 0 Å². The molecule has 1 amide bonds. The number of nitrogens with zero attached hydrogens (tertiary/aromatic N) is 1. The molecule has 6 nitrogen and oxygen atoms in total. The maximum atomic E-state index is 11.8. The third-order valence-corrected chi connectivity index (χ3v) is 4.13. The highest BCUT2D eigenvalue weighted by Gasteiger charge is 2.06. The van der Waals surface area contributed by atoms with Crippen molar-refractivity contribution in [2.75, 3.05) is 18.5 Å². The van der Waals surface area contributed by atoms with Crippen molar-refractivity contribution in [3.63, 3.8) is 0 Å². The number of benzene rings is 2. The number of hydrogen-bond acceptors (Lipinski definition) is 5. The first kappa shape index (κ1) is 19.3. The van der Waals surface area contributed by atoms with Crippen LogP contribution in [0.25, 0.3) is 0 Å². The average molecular weight is 471 g/mol. The summed E-state index contributed by atoms with van der Waals surface area (Å²) in [5.41, 5.74) is 3.68. The van der Waals surface area contributed by atoms with Crippen LogP contribution in [0.15, 0.2) is 50.4 Å². The van der Waals surface area contributed by atoms with E-state index >= 15 is 0 Å². The molecule has 0 fully saturated rings. The highest BCUT2D eigenvalue weighted by Crippen LogP contribution is 2.30. The smallest absolute Gasteiger partial charge is 0.259 e. The quantitative estimate of drug-likeness (QED) is 0.423. The maximum Gasteiger partial charge on any atom is 0.259 e. The lowest BCUT2D eigenvalue weighted by atomic mass is 10.2. The zero-order valence-electron chi connectivity index (χ0n) is 13.4. The summed E-state index contributed by atoms with van der Waals surface area (Å²) in [7, 11) is 0. The Hall–Kier alpha value is -2.06. The van der Waals surface area contributed by atoms with Crippen molar-refractivity contribution in [1.29, 1.82) is 0 Å². The number of nitrogens with one attached hydrogen (secondary N) is 2. The zero-order chi connectivity index (χ0) is 18.2. The third-order valence-electron chi connectivity index (χ3n) is 3.07. The van der Waals surface area contributed by atoms with Crippen molar-refractivity contribution >= 4 is 49.7 Å². The first-order valence-electron chi connectivity index (χ1n) is 7.46. The molecule has 0 heterocycles. The minimum Gasteiger partial charge on any atom is -0.506 e. The van der Waals surface area contributed by atoms with E-state index in [1.807, 2.05) is 31.2 Å². The summed E-state index contributed by atoms with van der Waals surface area (Å²) < 4.78 is 6.67. The molecule has 2 aromatic rings. The van der Waals surface area contributed by atoms with Gasteiger partial charge in [0.15, 0.2) is 0 Å². The van der Waals surface area contributed by atoms with Crippen molar-refractivity contribution in [2.45, 2.75) is 6.92 Å². The number of carbonyl (C=O) groups is 1. The van der Waals surface area contributed by atoms with E-state index in [1.165, 1.54) is 6.21 Å². The molecule has 0 atom stereocenters. The van der Waals surface area contributed by atoms with Gasteiger partial charge in [-0.1, -0.05) is 15.9 Å². The summed E-state index contributed by atoms with van der Waals surface area (Å²) in [5, 5.41) is 16.7. The Balaban J connectivity index is 1.84. The van der Waals surface area contributed by atoms with Crippen molar-refractivity contribution in [2.24, 2.45) is 5.10 Å². The topological polar surface area (TPSA) is 83.0 Å². The Labute approximate surface area is 162 Å². The van der Waals surface area contributed by atoms with Crippen LogP contribution in [0.5, 0.6) is 11.5 Å². The van der Waals surface area contributed by atoms with E-state index in [0.717, 1.165) is 15.9 Å². The maximum absolute atomic E-state index is 11.8. The van der Waals surface area contributed by atoms with Crippen LogP contribution in [-0.2, 0) is 4.79 Å². The summed E-state index contributed by atoms with van der Waals surface area (Å²) >= 11 is 6.56. The van der Waals surface area contributed by atoms with Gasteiger partial charge in [-0.25, -0.2) is 5.43 Å². The normalized spacial score (nSPS) is 10.7. The van der Waals surface area contributed by atoms with Crippen molar-refractivity contribution in [1.82, 2.24) is 5.43 Å². The van der Waals surface area contributed by atoms with Crippen molar-refractivity contribution < 1.29 is 14.6 Å². The number of anilines is 1. The molecule has 0 aliphatic rings. The van der Waals surface area contributed by atoms with Crippen molar-refractivity contribution in [3.8, 4) is 11.5 Å². The highest BCUT2D eigenvalue weighted by atomic mass is 79.9. The number of amides is 1. The number of ether oxygens (including phenoxy) is 1. The lowest BCUT2D eigenvalue weighted by Crippen LogP contribution is -2.25. The van der Waals surface area contributed by atoms with Gasteiger partial charge in [0.1, 0.15) is 11.5 Å². The van der Waals surface area contributed by atoms with Crippen LogP contribution >= 0.6 is 31.9 Å². The van der Waals surface area contributed by atoms with E-state index in [2.05, 4.69) is 47.7 Å². The van der Waals surface area contributed by atoms with E-state index < -0.39 is 0 Å². The molecule has 3 N–H and O–H groups in total. The number of halogens is 2. The average Bonchev–Trinajstić information content (AvgIpc) is 2.58. The predicted molar refractivity (Wildman–Crippen MR) is 105 cm³/mol. The molecule has 2 aromatic carbocycles. The second-order valence-corrected chi connectivity index (χ2v) is 6.70. The van der Waals surface area contributed by atoms with Gasteiger partial charge in [-0.05, 0) is 59.3 Å². The van der Waals surface area contributed by atoms with E-state index in [4.69, 9.17) is 4.74 Å². The molecule has 0 saturated heterocycles. The number of phenols is 1. The van der Waals surface area contributed by atoms with Crippen LogP contribution < -0.4 is 15.5 Å². The Morgan fingerprint density at radius 1 is 1.28 bits per heavy atom. The van der Waals surface area contributed by atoms with Gasteiger partial charge in [-0.3, -0.25) is 4.79 Å². The third kappa shape index (κ3) is 6.06. The number of hydrazone groups is 1. The summed E-state index contributed by atoms with van der Waals surface area (Å²) in [6.07, 6.45) is 1.37. The summed E-state index contributed by atoms with van der Waals surface area (Å²) in [6, 6.07) is 10.7. The molecule has 0 aliphatic heterocycles. The molecule has 8 heteroatoms. The second-order valence-electron chi connectivity index (χ2n) is 4.93. The van der Waals surface area contributed by atoms with Crippen LogP contribution in [-0.4, -0.2) is 30.4 Å². The minimum atomic E-state index is -0.307.